The number of hydrogen-bond acceptors (Lipinski definition) is 1. The Labute approximate surface area is 83.0 Å². The predicted molar refractivity (Wildman–Crippen MR) is 46.9 cm³/mol. The number of likely N-dealkylation sites (N-methyl/N-ethyl adjacent to an activating group) is 1. The van der Waals surface area contributed by atoms with E-state index in [2.05, 4.69) is 31.7 Å². The minimum atomic E-state index is 0. The minimum Gasteiger partial charge on any atom is -0.316 e. The van der Waals surface area contributed by atoms with Gasteiger partial charge < -0.3 is 4.90 Å². The molecule has 11 heavy (non-hydrogen) atoms. The van der Waals surface area contributed by atoms with Crippen molar-refractivity contribution in [3.05, 3.63) is 19.1 Å². The van der Waals surface area contributed by atoms with Crippen LogP contribution in [0.2, 0.25) is 0 Å². The van der Waals surface area contributed by atoms with Gasteiger partial charge in [0, 0.05) is 0 Å². The van der Waals surface area contributed by atoms with Gasteiger partial charge in [-0.3, -0.25) is 0 Å². The topological polar surface area (TPSA) is 3.24 Å². The molecule has 0 rings (SSSR count). The zero-order valence-electron chi connectivity index (χ0n) is 8.14. The molecule has 0 fully saturated rings. The average Bonchev–Trinajstić information content (AvgIpc) is 1.98. The maximum absolute atomic E-state index is 3.64. The summed E-state index contributed by atoms with van der Waals surface area (Å²) in [5, 5.41) is 0. The van der Waals surface area contributed by atoms with Crippen LogP contribution >= 0.6 is 0 Å². The van der Waals surface area contributed by atoms with Crippen LogP contribution in [0.4, 0.5) is 0 Å². The van der Waals surface area contributed by atoms with Gasteiger partial charge in [0.2, 0.25) is 0 Å². The Kier molecular flexibility index (Phi) is 12.7. The van der Waals surface area contributed by atoms with Crippen LogP contribution in [0.25, 0.3) is 0 Å². The van der Waals surface area contributed by atoms with Crippen molar-refractivity contribution in [3.8, 4) is 0 Å². The van der Waals surface area contributed by atoms with Crippen molar-refractivity contribution in [3.63, 3.8) is 0 Å². The van der Waals surface area contributed by atoms with Crippen molar-refractivity contribution < 1.29 is 18.9 Å². The van der Waals surface area contributed by atoms with Crippen molar-refractivity contribution in [2.75, 3.05) is 19.6 Å². The Morgan fingerprint density at radius 1 is 1.36 bits per heavy atom. The summed E-state index contributed by atoms with van der Waals surface area (Å²) in [6.07, 6.45) is 5.19. The van der Waals surface area contributed by atoms with E-state index < -0.39 is 0 Å². The van der Waals surface area contributed by atoms with Crippen LogP contribution in [0.5, 0.6) is 0 Å². The second-order valence-electron chi connectivity index (χ2n) is 2.36. The quantitative estimate of drug-likeness (QED) is 0.360. The normalized spacial score (nSPS) is 10.5. The first-order valence-corrected chi connectivity index (χ1v) is 4.01. The van der Waals surface area contributed by atoms with Crippen LogP contribution < -0.4 is 18.9 Å². The molecule has 0 aromatic carbocycles. The fraction of sp³-hybridized carbons (Fsp3) is 0.667. The van der Waals surface area contributed by atoms with Gasteiger partial charge in [-0.05, 0) is 26.1 Å². The molecule has 0 aromatic rings. The molecular weight excluding hydrogens is 129 g/mol. The first-order chi connectivity index (χ1) is 4.85. The van der Waals surface area contributed by atoms with Gasteiger partial charge >= 0.3 is 18.9 Å². The summed E-state index contributed by atoms with van der Waals surface area (Å²) >= 11 is 0. The van der Waals surface area contributed by atoms with Gasteiger partial charge in [-0.15, -0.1) is 0 Å². The molecule has 0 aliphatic rings. The molecule has 0 unspecified atom stereocenters. The van der Waals surface area contributed by atoms with E-state index >= 15 is 0 Å². The van der Waals surface area contributed by atoms with Gasteiger partial charge in [-0.1, -0.05) is 13.8 Å². The third kappa shape index (κ3) is 8.07. The van der Waals surface area contributed by atoms with Crippen molar-refractivity contribution in [1.82, 2.24) is 4.90 Å². The van der Waals surface area contributed by atoms with Gasteiger partial charge in [0.1, 0.15) is 0 Å². The van der Waals surface area contributed by atoms with E-state index in [-0.39, 0.29) is 18.9 Å². The van der Waals surface area contributed by atoms with E-state index in [9.17, 15) is 0 Å². The number of nitrogens with zero attached hydrogens (tertiary/aromatic N) is 1. The van der Waals surface area contributed by atoms with Gasteiger partial charge in [0.25, 0.3) is 0 Å². The SMILES string of the molecule is [CH2-]/C=C/CN(CC)CCC.[Li+]. The summed E-state index contributed by atoms with van der Waals surface area (Å²) in [5.41, 5.74) is 0. The van der Waals surface area contributed by atoms with Crippen LogP contribution in [0.3, 0.4) is 0 Å². The van der Waals surface area contributed by atoms with Crippen molar-refractivity contribution >= 4 is 0 Å². The van der Waals surface area contributed by atoms with Crippen LogP contribution in [-0.4, -0.2) is 24.5 Å². The third-order valence-corrected chi connectivity index (χ3v) is 1.52. The number of rotatable bonds is 5. The van der Waals surface area contributed by atoms with Gasteiger partial charge in [0.05, 0.1) is 0 Å². The Bertz CT molecular complexity index is 91.6. The standard InChI is InChI=1S/C9H18N.Li/c1-4-7-9-10(6-3)8-5-2;/h4,7H,1,5-6,8-9H2,2-3H3;/q-1;+1/b7-4+;. The summed E-state index contributed by atoms with van der Waals surface area (Å²) in [7, 11) is 0. The molecule has 0 amide bonds. The van der Waals surface area contributed by atoms with E-state index in [1.54, 1.807) is 0 Å². The van der Waals surface area contributed by atoms with E-state index in [0.717, 1.165) is 13.1 Å². The van der Waals surface area contributed by atoms with Gasteiger partial charge in [-0.2, -0.15) is 0 Å². The van der Waals surface area contributed by atoms with Crippen LogP contribution in [0.15, 0.2) is 12.2 Å². The second-order valence-corrected chi connectivity index (χ2v) is 2.36. The molecular formula is C9H18LiN. The Morgan fingerprint density at radius 2 is 2.00 bits per heavy atom. The summed E-state index contributed by atoms with van der Waals surface area (Å²) in [4.78, 5) is 2.39. The fourth-order valence-corrected chi connectivity index (χ4v) is 0.918. The average molecular weight is 147 g/mol. The van der Waals surface area contributed by atoms with Crippen LogP contribution in [0.1, 0.15) is 20.3 Å². The molecule has 0 aliphatic heterocycles. The van der Waals surface area contributed by atoms with Crippen molar-refractivity contribution in [2.45, 2.75) is 20.3 Å². The van der Waals surface area contributed by atoms with E-state index in [0.29, 0.717) is 0 Å². The molecule has 60 valence electrons. The third-order valence-electron chi connectivity index (χ3n) is 1.52. The Balaban J connectivity index is 0. The molecule has 0 saturated carbocycles. The van der Waals surface area contributed by atoms with Crippen LogP contribution in [-0.2, 0) is 0 Å². The van der Waals surface area contributed by atoms with Gasteiger partial charge in [0.15, 0.2) is 0 Å². The summed E-state index contributed by atoms with van der Waals surface area (Å²) in [6.45, 7) is 11.4. The predicted octanol–water partition coefficient (Wildman–Crippen LogP) is -0.887. The largest absolute Gasteiger partial charge is 1.00 e. The van der Waals surface area contributed by atoms with Gasteiger partial charge in [-0.25, -0.2) is 19.1 Å². The van der Waals surface area contributed by atoms with Crippen LogP contribution in [0, 0.1) is 6.92 Å². The second kappa shape index (κ2) is 10.2. The molecule has 0 N–H and O–H groups in total. The molecule has 0 saturated heterocycles. The summed E-state index contributed by atoms with van der Waals surface area (Å²) in [5.74, 6) is 0. The molecule has 0 aliphatic carbocycles. The first-order valence-electron chi connectivity index (χ1n) is 4.01. The minimum absolute atomic E-state index is 0. The molecule has 0 spiro atoms. The molecule has 0 aromatic heterocycles. The first kappa shape index (κ1) is 13.7. The Morgan fingerprint density at radius 3 is 2.36 bits per heavy atom. The molecule has 0 atom stereocenters. The van der Waals surface area contributed by atoms with Crippen molar-refractivity contribution in [1.29, 1.82) is 0 Å². The molecule has 0 bridgehead atoms. The summed E-state index contributed by atoms with van der Waals surface area (Å²) in [6, 6.07) is 0. The zero-order chi connectivity index (χ0) is 7.82. The zero-order valence-corrected chi connectivity index (χ0v) is 8.14. The summed E-state index contributed by atoms with van der Waals surface area (Å²) < 4.78 is 0. The maximum atomic E-state index is 3.64. The number of hydrogen-bond donors (Lipinski definition) is 0. The number of allylic oxidation sites excluding steroid dienone is 1. The molecule has 2 heteroatoms. The van der Waals surface area contributed by atoms with E-state index in [1.165, 1.54) is 13.0 Å². The van der Waals surface area contributed by atoms with E-state index in [4.69, 9.17) is 0 Å². The molecule has 0 radical (unpaired) electrons. The monoisotopic (exact) mass is 147 g/mol. The fourth-order valence-electron chi connectivity index (χ4n) is 0.918. The van der Waals surface area contributed by atoms with E-state index in [1.807, 2.05) is 6.08 Å². The Hall–Kier alpha value is 0.167. The maximum Gasteiger partial charge on any atom is 1.00 e. The molecule has 0 heterocycles. The smallest absolute Gasteiger partial charge is 0.316 e. The van der Waals surface area contributed by atoms with Crippen molar-refractivity contribution in [2.24, 2.45) is 0 Å². The molecule has 1 nitrogen and oxygen atoms in total.